The van der Waals surface area contributed by atoms with Gasteiger partial charge >= 0.3 is 5.92 Å². The van der Waals surface area contributed by atoms with Gasteiger partial charge in [-0.2, -0.15) is 8.78 Å². The lowest BCUT2D eigenvalue weighted by atomic mass is 9.82. The van der Waals surface area contributed by atoms with E-state index in [0.29, 0.717) is 0 Å². The number of nitrogens with zero attached hydrogens (tertiary/aromatic N) is 5. The molecule has 0 radical (unpaired) electrons. The molecule has 2 heterocycles. The summed E-state index contributed by atoms with van der Waals surface area (Å²) in [5.74, 6) is -4.27. The van der Waals surface area contributed by atoms with Crippen LogP contribution in [0.3, 0.4) is 0 Å². The largest absolute Gasteiger partial charge is 0.381 e. The van der Waals surface area contributed by atoms with Crippen LogP contribution in [0.5, 0.6) is 0 Å². The van der Waals surface area contributed by atoms with Crippen LogP contribution in [0.4, 0.5) is 8.78 Å². The van der Waals surface area contributed by atoms with E-state index in [1.807, 2.05) is 0 Å². The minimum absolute atomic E-state index is 0.429. The molecular formula is C12H15F2N5O. The van der Waals surface area contributed by atoms with Gasteiger partial charge in [-0.25, -0.2) is 4.68 Å². The van der Waals surface area contributed by atoms with E-state index in [9.17, 15) is 13.9 Å². The molecule has 8 heteroatoms. The quantitative estimate of drug-likeness (QED) is 0.893. The zero-order chi connectivity index (χ0) is 14.8. The first-order valence-electron chi connectivity index (χ1n) is 6.10. The molecule has 0 amide bonds. The molecule has 0 aliphatic heterocycles. The summed E-state index contributed by atoms with van der Waals surface area (Å²) in [7, 11) is 0. The molecule has 0 spiro atoms. The number of pyridine rings is 1. The van der Waals surface area contributed by atoms with E-state index in [1.54, 1.807) is 0 Å². The molecule has 6 nitrogen and oxygen atoms in total. The molecule has 20 heavy (non-hydrogen) atoms. The maximum absolute atomic E-state index is 14.7. The molecule has 2 rings (SSSR count). The number of halogens is 2. The van der Waals surface area contributed by atoms with Crippen molar-refractivity contribution in [2.24, 2.45) is 5.92 Å². The molecule has 0 aliphatic rings. The monoisotopic (exact) mass is 283 g/mol. The highest BCUT2D eigenvalue weighted by Gasteiger charge is 2.57. The third kappa shape index (κ3) is 2.38. The lowest BCUT2D eigenvalue weighted by Gasteiger charge is -2.38. The standard InChI is InChI=1S/C12H15F2N5O/c1-9(2)11(20,7-19-8-16-17-18-19)12(13,14)10-5-3-4-6-15-10/h3-6,8-9,20H,7H2,1-2H3. The van der Waals surface area contributed by atoms with E-state index < -0.39 is 29.7 Å². The summed E-state index contributed by atoms with van der Waals surface area (Å²) in [6, 6.07) is 4.18. The number of hydrogen-bond acceptors (Lipinski definition) is 5. The number of hydrogen-bond donors (Lipinski definition) is 1. The molecule has 2 aromatic heterocycles. The van der Waals surface area contributed by atoms with E-state index in [-0.39, 0.29) is 0 Å². The molecule has 2 aromatic rings. The van der Waals surface area contributed by atoms with Crippen molar-refractivity contribution in [1.82, 2.24) is 25.2 Å². The summed E-state index contributed by atoms with van der Waals surface area (Å²) in [5, 5.41) is 20.8. The third-order valence-corrected chi connectivity index (χ3v) is 3.28. The number of aliphatic hydroxyl groups is 1. The van der Waals surface area contributed by atoms with Crippen molar-refractivity contribution in [2.45, 2.75) is 31.9 Å². The second kappa shape index (κ2) is 5.20. The summed E-state index contributed by atoms with van der Waals surface area (Å²) in [5.41, 5.74) is -2.83. The fourth-order valence-corrected chi connectivity index (χ4v) is 1.91. The normalized spacial score (nSPS) is 15.3. The number of rotatable bonds is 5. The lowest BCUT2D eigenvalue weighted by molar-refractivity contribution is -0.220. The highest BCUT2D eigenvalue weighted by molar-refractivity contribution is 5.16. The lowest BCUT2D eigenvalue weighted by Crippen LogP contribution is -2.53. The molecule has 0 bridgehead atoms. The zero-order valence-electron chi connectivity index (χ0n) is 11.1. The maximum Gasteiger partial charge on any atom is 0.319 e. The summed E-state index contributed by atoms with van der Waals surface area (Å²) in [6.07, 6.45) is 2.45. The maximum atomic E-state index is 14.7. The third-order valence-electron chi connectivity index (χ3n) is 3.28. The van der Waals surface area contributed by atoms with Crippen molar-refractivity contribution in [1.29, 1.82) is 0 Å². The SMILES string of the molecule is CC(C)C(O)(Cn1cnnn1)C(F)(F)c1ccccn1. The summed E-state index contributed by atoms with van der Waals surface area (Å²) in [6.45, 7) is 2.60. The van der Waals surface area contributed by atoms with Crippen molar-refractivity contribution in [3.05, 3.63) is 36.4 Å². The van der Waals surface area contributed by atoms with Crippen LogP contribution in [-0.4, -0.2) is 35.9 Å². The summed E-state index contributed by atoms with van der Waals surface area (Å²) >= 11 is 0. The van der Waals surface area contributed by atoms with Crippen molar-refractivity contribution in [3.63, 3.8) is 0 Å². The van der Waals surface area contributed by atoms with E-state index in [2.05, 4.69) is 20.5 Å². The minimum Gasteiger partial charge on any atom is -0.381 e. The van der Waals surface area contributed by atoms with Crippen LogP contribution in [0.2, 0.25) is 0 Å². The van der Waals surface area contributed by atoms with Gasteiger partial charge < -0.3 is 5.11 Å². The molecule has 0 fully saturated rings. The number of alkyl halides is 2. The summed E-state index contributed by atoms with van der Waals surface area (Å²) < 4.78 is 30.4. The van der Waals surface area contributed by atoms with Gasteiger partial charge in [0.2, 0.25) is 0 Å². The van der Waals surface area contributed by atoms with Crippen LogP contribution in [0.15, 0.2) is 30.7 Å². The molecule has 0 aromatic carbocycles. The van der Waals surface area contributed by atoms with Gasteiger partial charge in [-0.15, -0.1) is 5.10 Å². The predicted octanol–water partition coefficient (Wildman–Crippen LogP) is 1.25. The van der Waals surface area contributed by atoms with Gasteiger partial charge in [0.05, 0.1) is 6.54 Å². The Kier molecular flexibility index (Phi) is 3.76. The molecule has 0 saturated heterocycles. The molecular weight excluding hydrogens is 268 g/mol. The highest BCUT2D eigenvalue weighted by atomic mass is 19.3. The Morgan fingerprint density at radius 3 is 2.60 bits per heavy atom. The fraction of sp³-hybridized carbons (Fsp3) is 0.500. The minimum atomic E-state index is -3.53. The van der Waals surface area contributed by atoms with Crippen LogP contribution < -0.4 is 0 Å². The van der Waals surface area contributed by atoms with Crippen LogP contribution in [-0.2, 0) is 12.5 Å². The Morgan fingerprint density at radius 2 is 2.10 bits per heavy atom. The second-order valence-corrected chi connectivity index (χ2v) is 4.88. The van der Waals surface area contributed by atoms with Gasteiger partial charge in [0.25, 0.3) is 0 Å². The van der Waals surface area contributed by atoms with Crippen molar-refractivity contribution >= 4 is 0 Å². The van der Waals surface area contributed by atoms with Gasteiger partial charge in [-0.1, -0.05) is 19.9 Å². The Hall–Kier alpha value is -1.96. The van der Waals surface area contributed by atoms with Gasteiger partial charge in [0.1, 0.15) is 12.0 Å². The van der Waals surface area contributed by atoms with E-state index in [4.69, 9.17) is 0 Å². The molecule has 108 valence electrons. The predicted molar refractivity (Wildman–Crippen MR) is 65.7 cm³/mol. The van der Waals surface area contributed by atoms with E-state index in [1.165, 1.54) is 44.6 Å². The smallest absolute Gasteiger partial charge is 0.319 e. The second-order valence-electron chi connectivity index (χ2n) is 4.88. The van der Waals surface area contributed by atoms with Crippen LogP contribution >= 0.6 is 0 Å². The first-order valence-corrected chi connectivity index (χ1v) is 6.10. The van der Waals surface area contributed by atoms with Crippen molar-refractivity contribution in [2.75, 3.05) is 0 Å². The fourth-order valence-electron chi connectivity index (χ4n) is 1.91. The van der Waals surface area contributed by atoms with Crippen LogP contribution in [0.25, 0.3) is 0 Å². The number of aromatic nitrogens is 5. The summed E-state index contributed by atoms with van der Waals surface area (Å²) in [4.78, 5) is 3.66. The Morgan fingerprint density at radius 1 is 1.35 bits per heavy atom. The van der Waals surface area contributed by atoms with E-state index in [0.717, 1.165) is 4.68 Å². The van der Waals surface area contributed by atoms with E-state index >= 15 is 0 Å². The Bertz CT molecular complexity index is 546. The van der Waals surface area contributed by atoms with Gasteiger partial charge in [-0.3, -0.25) is 4.98 Å². The Labute approximate surface area is 114 Å². The van der Waals surface area contributed by atoms with Crippen LogP contribution in [0.1, 0.15) is 19.5 Å². The molecule has 1 atom stereocenters. The van der Waals surface area contributed by atoms with Crippen molar-refractivity contribution in [3.8, 4) is 0 Å². The highest BCUT2D eigenvalue weighted by Crippen LogP contribution is 2.43. The first-order chi connectivity index (χ1) is 9.38. The number of tetrazole rings is 1. The topological polar surface area (TPSA) is 76.7 Å². The molecule has 0 saturated carbocycles. The van der Waals surface area contributed by atoms with Gasteiger partial charge in [-0.05, 0) is 28.5 Å². The van der Waals surface area contributed by atoms with Gasteiger partial charge in [0, 0.05) is 6.20 Å². The Balaban J connectivity index is 2.41. The van der Waals surface area contributed by atoms with Gasteiger partial charge in [0.15, 0.2) is 5.60 Å². The molecule has 1 unspecified atom stereocenters. The molecule has 0 aliphatic carbocycles. The first kappa shape index (κ1) is 14.4. The molecule has 1 N–H and O–H groups in total. The average molecular weight is 283 g/mol. The average Bonchev–Trinajstić information content (AvgIpc) is 2.92. The van der Waals surface area contributed by atoms with Crippen LogP contribution in [0, 0.1) is 5.92 Å². The van der Waals surface area contributed by atoms with Crippen molar-refractivity contribution < 1.29 is 13.9 Å². The zero-order valence-corrected chi connectivity index (χ0v) is 11.1.